The summed E-state index contributed by atoms with van der Waals surface area (Å²) < 4.78 is 38.7. The van der Waals surface area contributed by atoms with Gasteiger partial charge in [0, 0.05) is 6.20 Å². The summed E-state index contributed by atoms with van der Waals surface area (Å²) in [5.74, 6) is -4.96. The van der Waals surface area contributed by atoms with Crippen molar-refractivity contribution in [2.75, 3.05) is 12.3 Å². The van der Waals surface area contributed by atoms with Gasteiger partial charge in [0.2, 0.25) is 6.23 Å². The van der Waals surface area contributed by atoms with Crippen LogP contribution in [0.2, 0.25) is 0 Å². The number of aliphatic hydroxyl groups is 1. The first-order valence-electron chi connectivity index (χ1n) is 6.87. The highest BCUT2D eigenvalue weighted by molar-refractivity contribution is 5.71. The number of nitrogens with two attached hydrogens (primary N) is 1. The van der Waals surface area contributed by atoms with Gasteiger partial charge in [-0.25, -0.2) is 4.79 Å². The zero-order chi connectivity index (χ0) is 17.4. The molecule has 3 atom stereocenters. The summed E-state index contributed by atoms with van der Waals surface area (Å²) >= 11 is 0. The Bertz CT molecular complexity index is 649. The molecule has 0 spiro atoms. The Hall–Kier alpha value is -2.07. The van der Waals surface area contributed by atoms with E-state index in [1.807, 2.05) is 0 Å². The van der Waals surface area contributed by atoms with Crippen LogP contribution in [0.4, 0.5) is 14.6 Å². The highest BCUT2D eigenvalue weighted by Gasteiger charge is 2.60. The SMILES string of the molecule is CC(C)C(=O)OCC1OC(n2ccc(N)nc2=O)C(F)(F)C1O. The number of ether oxygens (including phenoxy) is 2. The number of hydrogen-bond donors (Lipinski definition) is 2. The van der Waals surface area contributed by atoms with E-state index in [2.05, 4.69) is 4.98 Å². The molecule has 10 heteroatoms. The monoisotopic (exact) mass is 333 g/mol. The molecule has 0 saturated carbocycles. The summed E-state index contributed by atoms with van der Waals surface area (Å²) in [4.78, 5) is 26.4. The lowest BCUT2D eigenvalue weighted by Gasteiger charge is -2.20. The molecule has 1 aromatic heterocycles. The molecule has 0 aromatic carbocycles. The van der Waals surface area contributed by atoms with Gasteiger partial charge in [0.25, 0.3) is 0 Å². The van der Waals surface area contributed by atoms with E-state index in [9.17, 15) is 23.5 Å². The van der Waals surface area contributed by atoms with Crippen molar-refractivity contribution >= 4 is 11.8 Å². The smallest absolute Gasteiger partial charge is 0.351 e. The van der Waals surface area contributed by atoms with Crippen LogP contribution in [0.5, 0.6) is 0 Å². The lowest BCUT2D eigenvalue weighted by molar-refractivity contribution is -0.154. The third-order valence-electron chi connectivity index (χ3n) is 3.34. The predicted octanol–water partition coefficient (Wildman–Crippen LogP) is -0.0817. The molecule has 23 heavy (non-hydrogen) atoms. The summed E-state index contributed by atoms with van der Waals surface area (Å²) in [5, 5.41) is 9.72. The number of nitrogen functional groups attached to an aromatic ring is 1. The molecule has 0 radical (unpaired) electrons. The summed E-state index contributed by atoms with van der Waals surface area (Å²) in [6.07, 6.45) is -4.78. The van der Waals surface area contributed by atoms with Crippen LogP contribution in [0.3, 0.4) is 0 Å². The van der Waals surface area contributed by atoms with Crippen molar-refractivity contribution < 1.29 is 28.2 Å². The number of esters is 1. The van der Waals surface area contributed by atoms with E-state index in [1.54, 1.807) is 13.8 Å². The van der Waals surface area contributed by atoms with Gasteiger partial charge in [-0.05, 0) is 6.07 Å². The highest BCUT2D eigenvalue weighted by Crippen LogP contribution is 2.42. The topological polar surface area (TPSA) is 117 Å². The van der Waals surface area contributed by atoms with E-state index in [-0.39, 0.29) is 5.82 Å². The molecule has 3 N–H and O–H groups in total. The fourth-order valence-corrected chi connectivity index (χ4v) is 2.04. The number of rotatable bonds is 4. The normalized spacial score (nSPS) is 26.4. The predicted molar refractivity (Wildman–Crippen MR) is 73.6 cm³/mol. The maximum Gasteiger partial charge on any atom is 0.351 e. The third-order valence-corrected chi connectivity index (χ3v) is 3.34. The molecule has 1 aromatic rings. The van der Waals surface area contributed by atoms with Crippen LogP contribution in [0.25, 0.3) is 0 Å². The molecular weight excluding hydrogens is 316 g/mol. The number of anilines is 1. The molecule has 2 rings (SSSR count). The molecule has 2 heterocycles. The Balaban J connectivity index is 2.19. The molecule has 1 aliphatic heterocycles. The minimum absolute atomic E-state index is 0.129. The first-order valence-corrected chi connectivity index (χ1v) is 6.87. The van der Waals surface area contributed by atoms with E-state index < -0.39 is 48.5 Å². The molecule has 128 valence electrons. The van der Waals surface area contributed by atoms with Crippen LogP contribution >= 0.6 is 0 Å². The number of aliphatic hydroxyl groups excluding tert-OH is 1. The minimum Gasteiger partial charge on any atom is -0.463 e. The molecule has 0 amide bonds. The number of carbonyl (C=O) groups excluding carboxylic acids is 1. The van der Waals surface area contributed by atoms with Gasteiger partial charge >= 0.3 is 17.6 Å². The van der Waals surface area contributed by atoms with E-state index >= 15 is 0 Å². The van der Waals surface area contributed by atoms with Crippen molar-refractivity contribution in [3.8, 4) is 0 Å². The minimum atomic E-state index is -3.77. The second-order valence-corrected chi connectivity index (χ2v) is 5.47. The van der Waals surface area contributed by atoms with E-state index in [1.165, 1.54) is 0 Å². The van der Waals surface area contributed by atoms with E-state index in [4.69, 9.17) is 15.2 Å². The van der Waals surface area contributed by atoms with Crippen LogP contribution in [0.15, 0.2) is 17.1 Å². The molecule has 1 aliphatic rings. The maximum atomic E-state index is 14.2. The Labute approximate surface area is 129 Å². The fraction of sp³-hybridized carbons (Fsp3) is 0.615. The number of halogens is 2. The maximum absolute atomic E-state index is 14.2. The van der Waals surface area contributed by atoms with Gasteiger partial charge < -0.3 is 20.3 Å². The number of hydrogen-bond acceptors (Lipinski definition) is 7. The fourth-order valence-electron chi connectivity index (χ4n) is 2.04. The average molecular weight is 333 g/mol. The van der Waals surface area contributed by atoms with Crippen LogP contribution in [-0.2, 0) is 14.3 Å². The van der Waals surface area contributed by atoms with Gasteiger partial charge in [0.05, 0.1) is 5.92 Å². The summed E-state index contributed by atoms with van der Waals surface area (Å²) in [6, 6.07) is 1.15. The summed E-state index contributed by atoms with van der Waals surface area (Å²) in [6.45, 7) is 2.60. The zero-order valence-electron chi connectivity index (χ0n) is 12.5. The molecule has 1 fully saturated rings. The number of carbonyl (C=O) groups is 1. The van der Waals surface area contributed by atoms with E-state index in [0.717, 1.165) is 12.3 Å². The van der Waals surface area contributed by atoms with Crippen molar-refractivity contribution in [1.82, 2.24) is 9.55 Å². The van der Waals surface area contributed by atoms with Crippen LogP contribution in [0.1, 0.15) is 20.1 Å². The Morgan fingerprint density at radius 1 is 1.61 bits per heavy atom. The zero-order valence-corrected chi connectivity index (χ0v) is 12.5. The highest BCUT2D eigenvalue weighted by atomic mass is 19.3. The quantitative estimate of drug-likeness (QED) is 0.740. The number of alkyl halides is 2. The number of aromatic nitrogens is 2. The first kappa shape index (κ1) is 17.3. The molecule has 8 nitrogen and oxygen atoms in total. The van der Waals surface area contributed by atoms with Gasteiger partial charge in [-0.15, -0.1) is 0 Å². The molecule has 0 bridgehead atoms. The Kier molecular flexibility index (Phi) is 4.66. The molecule has 0 aliphatic carbocycles. The van der Waals surface area contributed by atoms with Gasteiger partial charge in [-0.3, -0.25) is 9.36 Å². The Morgan fingerprint density at radius 2 is 2.26 bits per heavy atom. The van der Waals surface area contributed by atoms with Gasteiger partial charge in [0.15, 0.2) is 6.10 Å². The standard InChI is InChI=1S/C13H17F2N3O5/c1-6(2)10(20)22-5-7-9(19)13(14,15)11(23-7)18-4-3-8(16)17-12(18)21/h3-4,6-7,9,11,19H,5H2,1-2H3,(H2,16,17,21). The average Bonchev–Trinajstić information content (AvgIpc) is 2.68. The van der Waals surface area contributed by atoms with Crippen LogP contribution in [-0.4, -0.2) is 45.4 Å². The molecular formula is C13H17F2N3O5. The lowest BCUT2D eigenvalue weighted by Crippen LogP contribution is -2.42. The van der Waals surface area contributed by atoms with Crippen molar-refractivity contribution in [3.63, 3.8) is 0 Å². The van der Waals surface area contributed by atoms with Crippen molar-refractivity contribution in [1.29, 1.82) is 0 Å². The third kappa shape index (κ3) is 3.32. The van der Waals surface area contributed by atoms with Crippen molar-refractivity contribution in [2.45, 2.75) is 38.2 Å². The molecule has 3 unspecified atom stereocenters. The van der Waals surface area contributed by atoms with Crippen LogP contribution < -0.4 is 11.4 Å². The molecule has 1 saturated heterocycles. The summed E-state index contributed by atoms with van der Waals surface area (Å²) in [5.41, 5.74) is 4.26. The second-order valence-electron chi connectivity index (χ2n) is 5.47. The van der Waals surface area contributed by atoms with E-state index in [0.29, 0.717) is 4.57 Å². The lowest BCUT2D eigenvalue weighted by atomic mass is 10.1. The Morgan fingerprint density at radius 3 is 2.83 bits per heavy atom. The number of nitrogens with zero attached hydrogens (tertiary/aromatic N) is 2. The van der Waals surface area contributed by atoms with Gasteiger partial charge in [-0.1, -0.05) is 13.8 Å². The second kappa shape index (κ2) is 6.20. The van der Waals surface area contributed by atoms with Crippen molar-refractivity contribution in [2.24, 2.45) is 5.92 Å². The van der Waals surface area contributed by atoms with Crippen LogP contribution in [0, 0.1) is 5.92 Å². The van der Waals surface area contributed by atoms with Gasteiger partial charge in [-0.2, -0.15) is 13.8 Å². The largest absolute Gasteiger partial charge is 0.463 e. The van der Waals surface area contributed by atoms with Gasteiger partial charge in [0.1, 0.15) is 18.5 Å². The summed E-state index contributed by atoms with van der Waals surface area (Å²) in [7, 11) is 0. The first-order chi connectivity index (χ1) is 10.6. The van der Waals surface area contributed by atoms with Crippen molar-refractivity contribution in [3.05, 3.63) is 22.7 Å².